The standard InChI is InChI=1S/C8H8O.C7H9N/c1-7(9)8-5-3-2-4-6-8;8-6-7-4-2-1-3-5-7/h2-6H,1H3;1-5H,6,8H2. The minimum absolute atomic E-state index is 0.121. The molecule has 0 aliphatic carbocycles. The van der Waals surface area contributed by atoms with Crippen LogP contribution in [0.2, 0.25) is 0 Å². The van der Waals surface area contributed by atoms with E-state index in [-0.39, 0.29) is 5.78 Å². The molecule has 0 fully saturated rings. The molecule has 88 valence electrons. The number of carbonyl (C=O) groups is 1. The minimum Gasteiger partial charge on any atom is -0.326 e. The van der Waals surface area contributed by atoms with Crippen molar-refractivity contribution in [2.24, 2.45) is 5.73 Å². The van der Waals surface area contributed by atoms with Crippen LogP contribution in [0.25, 0.3) is 0 Å². The molecule has 0 saturated carbocycles. The second-order valence-electron chi connectivity index (χ2n) is 3.61. The normalized spacial score (nSPS) is 9.06. The Morgan fingerprint density at radius 1 is 0.941 bits per heavy atom. The Labute approximate surface area is 102 Å². The maximum Gasteiger partial charge on any atom is 0.159 e. The van der Waals surface area contributed by atoms with E-state index in [1.54, 1.807) is 6.92 Å². The molecule has 2 N–H and O–H groups in total. The molecule has 0 aliphatic rings. The van der Waals surface area contributed by atoms with Gasteiger partial charge >= 0.3 is 0 Å². The Morgan fingerprint density at radius 2 is 1.41 bits per heavy atom. The van der Waals surface area contributed by atoms with Gasteiger partial charge in [-0.2, -0.15) is 0 Å². The number of carbonyl (C=O) groups excluding carboxylic acids is 1. The van der Waals surface area contributed by atoms with Gasteiger partial charge in [-0.1, -0.05) is 60.7 Å². The van der Waals surface area contributed by atoms with Gasteiger partial charge in [0.1, 0.15) is 0 Å². The van der Waals surface area contributed by atoms with Crippen LogP contribution in [-0.4, -0.2) is 5.78 Å². The molecule has 0 atom stereocenters. The second kappa shape index (κ2) is 7.36. The number of rotatable bonds is 2. The third-order valence-electron chi connectivity index (χ3n) is 2.26. The van der Waals surface area contributed by atoms with E-state index in [0.29, 0.717) is 6.54 Å². The second-order valence-corrected chi connectivity index (χ2v) is 3.61. The van der Waals surface area contributed by atoms with Crippen molar-refractivity contribution < 1.29 is 4.79 Å². The highest BCUT2D eigenvalue weighted by molar-refractivity contribution is 5.93. The molecule has 0 amide bonds. The van der Waals surface area contributed by atoms with Crippen LogP contribution in [-0.2, 0) is 6.54 Å². The fourth-order valence-corrected chi connectivity index (χ4v) is 1.29. The van der Waals surface area contributed by atoms with E-state index in [4.69, 9.17) is 5.73 Å². The number of hydrogen-bond acceptors (Lipinski definition) is 2. The summed E-state index contributed by atoms with van der Waals surface area (Å²) in [6.07, 6.45) is 0. The monoisotopic (exact) mass is 227 g/mol. The predicted octanol–water partition coefficient (Wildman–Crippen LogP) is 3.03. The van der Waals surface area contributed by atoms with Gasteiger partial charge < -0.3 is 5.73 Å². The summed E-state index contributed by atoms with van der Waals surface area (Å²) in [6, 6.07) is 19.2. The van der Waals surface area contributed by atoms with Crippen LogP contribution in [0.3, 0.4) is 0 Å². The molecule has 17 heavy (non-hydrogen) atoms. The smallest absolute Gasteiger partial charge is 0.159 e. The number of nitrogens with two attached hydrogens (primary N) is 1. The summed E-state index contributed by atoms with van der Waals surface area (Å²) < 4.78 is 0. The molecule has 2 aromatic rings. The zero-order valence-corrected chi connectivity index (χ0v) is 9.97. The van der Waals surface area contributed by atoms with Gasteiger partial charge in [-0.25, -0.2) is 0 Å². The van der Waals surface area contributed by atoms with Gasteiger partial charge in [0, 0.05) is 12.1 Å². The van der Waals surface area contributed by atoms with Gasteiger partial charge in [0.2, 0.25) is 0 Å². The molecule has 0 radical (unpaired) electrons. The summed E-state index contributed by atoms with van der Waals surface area (Å²) >= 11 is 0. The van der Waals surface area contributed by atoms with Crippen LogP contribution >= 0.6 is 0 Å². The lowest BCUT2D eigenvalue weighted by Crippen LogP contribution is -1.94. The SMILES string of the molecule is CC(=O)c1ccccc1.NCc1ccccc1. The third kappa shape index (κ3) is 5.09. The van der Waals surface area contributed by atoms with Crippen molar-refractivity contribution in [1.29, 1.82) is 0 Å². The van der Waals surface area contributed by atoms with Crippen LogP contribution in [0.1, 0.15) is 22.8 Å². The Bertz CT molecular complexity index is 437. The molecule has 2 rings (SSSR count). The maximum absolute atomic E-state index is 10.6. The van der Waals surface area contributed by atoms with Crippen molar-refractivity contribution in [3.63, 3.8) is 0 Å². The highest BCUT2D eigenvalue weighted by atomic mass is 16.1. The van der Waals surface area contributed by atoms with Gasteiger partial charge in [0.25, 0.3) is 0 Å². The molecular formula is C15H17NO. The predicted molar refractivity (Wildman–Crippen MR) is 70.8 cm³/mol. The first-order valence-corrected chi connectivity index (χ1v) is 5.54. The lowest BCUT2D eigenvalue weighted by Gasteiger charge is -1.90. The van der Waals surface area contributed by atoms with Crippen LogP contribution in [0.5, 0.6) is 0 Å². The lowest BCUT2D eigenvalue weighted by atomic mass is 10.2. The summed E-state index contributed by atoms with van der Waals surface area (Å²) in [7, 11) is 0. The fourth-order valence-electron chi connectivity index (χ4n) is 1.29. The summed E-state index contributed by atoms with van der Waals surface area (Å²) in [5.74, 6) is 0.121. The Morgan fingerprint density at radius 3 is 1.71 bits per heavy atom. The third-order valence-corrected chi connectivity index (χ3v) is 2.26. The van der Waals surface area contributed by atoms with Crippen LogP contribution in [0.4, 0.5) is 0 Å². The molecule has 0 aromatic heterocycles. The van der Waals surface area contributed by atoms with Crippen LogP contribution in [0.15, 0.2) is 60.7 Å². The molecule has 0 aliphatic heterocycles. The van der Waals surface area contributed by atoms with Crippen LogP contribution in [0, 0.1) is 0 Å². The Kier molecular flexibility index (Phi) is 5.69. The molecular weight excluding hydrogens is 210 g/mol. The Hall–Kier alpha value is -1.93. The van der Waals surface area contributed by atoms with Gasteiger partial charge in [-0.05, 0) is 12.5 Å². The summed E-state index contributed by atoms with van der Waals surface area (Å²) in [4.78, 5) is 10.6. The van der Waals surface area contributed by atoms with E-state index in [0.717, 1.165) is 5.56 Å². The van der Waals surface area contributed by atoms with E-state index < -0.39 is 0 Å². The van der Waals surface area contributed by atoms with E-state index in [9.17, 15) is 4.79 Å². The molecule has 0 bridgehead atoms. The summed E-state index contributed by atoms with van der Waals surface area (Å²) in [6.45, 7) is 2.20. The van der Waals surface area contributed by atoms with Crippen molar-refractivity contribution in [2.75, 3.05) is 0 Å². The first-order valence-electron chi connectivity index (χ1n) is 5.54. The minimum atomic E-state index is 0.121. The number of Topliss-reactive ketones (excluding diaryl/α,β-unsaturated/α-hetero) is 1. The highest BCUT2D eigenvalue weighted by Crippen LogP contribution is 1.97. The average Bonchev–Trinajstić information content (AvgIpc) is 2.41. The Balaban J connectivity index is 0.000000171. The summed E-state index contributed by atoms with van der Waals surface area (Å²) in [5.41, 5.74) is 7.31. The van der Waals surface area contributed by atoms with Gasteiger partial charge in [0.05, 0.1) is 0 Å². The number of benzene rings is 2. The van der Waals surface area contributed by atoms with Crippen molar-refractivity contribution in [1.82, 2.24) is 0 Å². The van der Waals surface area contributed by atoms with Gasteiger partial charge in [0.15, 0.2) is 5.78 Å². The summed E-state index contributed by atoms with van der Waals surface area (Å²) in [5, 5.41) is 0. The first-order chi connectivity index (χ1) is 8.24. The number of ketones is 1. The molecule has 0 saturated heterocycles. The fraction of sp³-hybridized carbons (Fsp3) is 0.133. The zero-order valence-electron chi connectivity index (χ0n) is 9.97. The lowest BCUT2D eigenvalue weighted by molar-refractivity contribution is 0.101. The highest BCUT2D eigenvalue weighted by Gasteiger charge is 1.92. The maximum atomic E-state index is 10.6. The molecule has 0 unspecified atom stereocenters. The quantitative estimate of drug-likeness (QED) is 0.801. The van der Waals surface area contributed by atoms with Crippen molar-refractivity contribution >= 4 is 5.78 Å². The average molecular weight is 227 g/mol. The van der Waals surface area contributed by atoms with Crippen molar-refractivity contribution in [2.45, 2.75) is 13.5 Å². The molecule has 0 heterocycles. The van der Waals surface area contributed by atoms with Crippen molar-refractivity contribution in [3.8, 4) is 0 Å². The topological polar surface area (TPSA) is 43.1 Å². The van der Waals surface area contributed by atoms with E-state index in [1.807, 2.05) is 60.7 Å². The molecule has 2 nitrogen and oxygen atoms in total. The van der Waals surface area contributed by atoms with Crippen LogP contribution < -0.4 is 5.73 Å². The van der Waals surface area contributed by atoms with Crippen molar-refractivity contribution in [3.05, 3.63) is 71.8 Å². The molecule has 0 spiro atoms. The largest absolute Gasteiger partial charge is 0.326 e. The van der Waals surface area contributed by atoms with E-state index in [1.165, 1.54) is 5.56 Å². The van der Waals surface area contributed by atoms with Gasteiger partial charge in [-0.15, -0.1) is 0 Å². The number of hydrogen-bond donors (Lipinski definition) is 1. The van der Waals surface area contributed by atoms with Gasteiger partial charge in [-0.3, -0.25) is 4.79 Å². The zero-order chi connectivity index (χ0) is 12.5. The van der Waals surface area contributed by atoms with E-state index >= 15 is 0 Å². The first kappa shape index (κ1) is 13.1. The molecule has 2 aromatic carbocycles. The molecule has 2 heteroatoms. The van der Waals surface area contributed by atoms with E-state index in [2.05, 4.69) is 0 Å².